The summed E-state index contributed by atoms with van der Waals surface area (Å²) in [7, 11) is 3.15. The number of benzene rings is 2. The van der Waals surface area contributed by atoms with Gasteiger partial charge in [0.2, 0.25) is 0 Å². The number of nitrogens with one attached hydrogen (secondary N) is 2. The van der Waals surface area contributed by atoms with Gasteiger partial charge in [-0.2, -0.15) is 0 Å². The fourth-order valence-electron chi connectivity index (χ4n) is 4.00. The van der Waals surface area contributed by atoms with Crippen molar-refractivity contribution >= 4 is 11.8 Å². The minimum Gasteiger partial charge on any atom is -0.493 e. The van der Waals surface area contributed by atoms with Crippen LogP contribution >= 0.6 is 0 Å². The zero-order valence-corrected chi connectivity index (χ0v) is 20.3. The zero-order valence-electron chi connectivity index (χ0n) is 20.3. The normalized spacial score (nSPS) is 17.4. The molecule has 8 heteroatoms. The van der Waals surface area contributed by atoms with Gasteiger partial charge in [-0.25, -0.2) is 0 Å². The highest BCUT2D eigenvalue weighted by Crippen LogP contribution is 2.28. The molecule has 0 bridgehead atoms. The van der Waals surface area contributed by atoms with Crippen LogP contribution in [0.3, 0.4) is 0 Å². The summed E-state index contributed by atoms with van der Waals surface area (Å²) in [6, 6.07) is 11.3. The van der Waals surface area contributed by atoms with Crippen LogP contribution in [0.2, 0.25) is 0 Å². The van der Waals surface area contributed by atoms with E-state index in [1.807, 2.05) is 38.1 Å². The van der Waals surface area contributed by atoms with Gasteiger partial charge < -0.3 is 29.6 Å². The Morgan fingerprint density at radius 2 is 1.09 bits per heavy atom. The average molecular weight is 471 g/mol. The zero-order chi connectivity index (χ0) is 24.5. The summed E-state index contributed by atoms with van der Waals surface area (Å²) >= 11 is 0. The van der Waals surface area contributed by atoms with Gasteiger partial charge in [-0.3, -0.25) is 9.59 Å². The van der Waals surface area contributed by atoms with E-state index in [4.69, 9.17) is 18.9 Å². The molecule has 0 spiro atoms. The summed E-state index contributed by atoms with van der Waals surface area (Å²) in [6.07, 6.45) is 3.16. The molecule has 8 nitrogen and oxygen atoms in total. The third-order valence-corrected chi connectivity index (χ3v) is 5.81. The first kappa shape index (κ1) is 25.2. The second-order valence-corrected chi connectivity index (χ2v) is 8.57. The smallest absolute Gasteiger partial charge is 0.258 e. The predicted octanol–water partition coefficient (Wildman–Crippen LogP) is 3.32. The van der Waals surface area contributed by atoms with Crippen LogP contribution in [0.4, 0.5) is 0 Å². The number of hydrogen-bond acceptors (Lipinski definition) is 6. The van der Waals surface area contributed by atoms with E-state index in [1.54, 1.807) is 26.4 Å². The first-order chi connectivity index (χ1) is 16.4. The van der Waals surface area contributed by atoms with Crippen molar-refractivity contribution in [2.75, 3.05) is 27.4 Å². The molecule has 0 atom stereocenters. The molecule has 1 aliphatic carbocycles. The molecule has 34 heavy (non-hydrogen) atoms. The molecular weight excluding hydrogens is 436 g/mol. The summed E-state index contributed by atoms with van der Waals surface area (Å²) in [5.74, 6) is 1.95. The minimum atomic E-state index is -0.171. The van der Waals surface area contributed by atoms with Crippen LogP contribution in [0.15, 0.2) is 36.4 Å². The summed E-state index contributed by atoms with van der Waals surface area (Å²) in [6.45, 7) is 3.78. The highest BCUT2D eigenvalue weighted by atomic mass is 16.5. The number of carbonyl (C=O) groups is 2. The van der Waals surface area contributed by atoms with Crippen molar-refractivity contribution < 1.29 is 28.5 Å². The van der Waals surface area contributed by atoms with E-state index in [9.17, 15) is 9.59 Å². The Kier molecular flexibility index (Phi) is 9.01. The molecule has 0 radical (unpaired) electrons. The standard InChI is InChI=1S/C26H34N2O6/c1-17-5-11-21(23(13-17)31-3)33-15-25(29)27-19-7-9-20(10-8-19)28-26(30)16-34-22-12-6-18(2)14-24(22)32-4/h5-6,11-14,19-20H,7-10,15-16H2,1-4H3,(H,27,29)(H,28,30). The maximum absolute atomic E-state index is 12.3. The number of amides is 2. The summed E-state index contributed by atoms with van der Waals surface area (Å²) < 4.78 is 21.9. The average Bonchev–Trinajstić information content (AvgIpc) is 2.83. The Bertz CT molecular complexity index is 906. The Hall–Kier alpha value is -3.42. The highest BCUT2D eigenvalue weighted by molar-refractivity contribution is 5.78. The molecule has 184 valence electrons. The van der Waals surface area contributed by atoms with E-state index < -0.39 is 0 Å². The van der Waals surface area contributed by atoms with Crippen molar-refractivity contribution in [3.63, 3.8) is 0 Å². The molecule has 0 aliphatic heterocycles. The van der Waals surface area contributed by atoms with E-state index in [1.165, 1.54) is 0 Å². The van der Waals surface area contributed by atoms with E-state index >= 15 is 0 Å². The maximum atomic E-state index is 12.3. The third-order valence-electron chi connectivity index (χ3n) is 5.81. The monoisotopic (exact) mass is 470 g/mol. The summed E-state index contributed by atoms with van der Waals surface area (Å²) in [5, 5.41) is 6.04. The fourth-order valence-corrected chi connectivity index (χ4v) is 4.00. The van der Waals surface area contributed by atoms with Crippen molar-refractivity contribution in [1.82, 2.24) is 10.6 Å². The van der Waals surface area contributed by atoms with Gasteiger partial charge >= 0.3 is 0 Å². The molecule has 2 aromatic rings. The van der Waals surface area contributed by atoms with Crippen LogP contribution in [0.5, 0.6) is 23.0 Å². The van der Waals surface area contributed by atoms with Gasteiger partial charge in [-0.05, 0) is 74.9 Å². The van der Waals surface area contributed by atoms with Crippen molar-refractivity contribution in [2.24, 2.45) is 0 Å². The quantitative estimate of drug-likeness (QED) is 0.553. The van der Waals surface area contributed by atoms with Crippen molar-refractivity contribution in [2.45, 2.75) is 51.6 Å². The van der Waals surface area contributed by atoms with Gasteiger partial charge in [0, 0.05) is 12.1 Å². The van der Waals surface area contributed by atoms with Crippen LogP contribution in [0, 0.1) is 13.8 Å². The van der Waals surface area contributed by atoms with Crippen LogP contribution in [0.25, 0.3) is 0 Å². The lowest BCUT2D eigenvalue weighted by atomic mass is 9.91. The van der Waals surface area contributed by atoms with Gasteiger partial charge in [0.1, 0.15) is 0 Å². The molecule has 0 heterocycles. The molecule has 0 unspecified atom stereocenters. The first-order valence-electron chi connectivity index (χ1n) is 11.5. The Morgan fingerprint density at radius 3 is 1.44 bits per heavy atom. The van der Waals surface area contributed by atoms with Gasteiger partial charge in [-0.1, -0.05) is 12.1 Å². The van der Waals surface area contributed by atoms with Crippen LogP contribution in [-0.4, -0.2) is 51.3 Å². The highest BCUT2D eigenvalue weighted by Gasteiger charge is 2.24. The molecule has 2 aromatic carbocycles. The maximum Gasteiger partial charge on any atom is 0.258 e. The minimum absolute atomic E-state index is 0.0669. The van der Waals surface area contributed by atoms with Crippen LogP contribution in [0.1, 0.15) is 36.8 Å². The molecule has 3 rings (SSSR count). The molecular formula is C26H34N2O6. The lowest BCUT2D eigenvalue weighted by Crippen LogP contribution is -2.45. The number of aryl methyl sites for hydroxylation is 2. The van der Waals surface area contributed by atoms with Gasteiger partial charge in [0.25, 0.3) is 11.8 Å². The summed E-state index contributed by atoms with van der Waals surface area (Å²) in [4.78, 5) is 24.7. The van der Waals surface area contributed by atoms with Crippen molar-refractivity contribution in [3.8, 4) is 23.0 Å². The lowest BCUT2D eigenvalue weighted by Gasteiger charge is -2.29. The van der Waals surface area contributed by atoms with Crippen molar-refractivity contribution in [3.05, 3.63) is 47.5 Å². The number of hydrogen-bond donors (Lipinski definition) is 2. The second-order valence-electron chi connectivity index (χ2n) is 8.57. The molecule has 1 fully saturated rings. The molecule has 0 aromatic heterocycles. The second kappa shape index (κ2) is 12.2. The third kappa shape index (κ3) is 7.30. The molecule has 0 saturated heterocycles. The van der Waals surface area contributed by atoms with Gasteiger partial charge in [0.05, 0.1) is 14.2 Å². The molecule has 2 amide bonds. The largest absolute Gasteiger partial charge is 0.493 e. The Labute approximate surface area is 200 Å². The van der Waals surface area contributed by atoms with Crippen LogP contribution in [-0.2, 0) is 9.59 Å². The predicted molar refractivity (Wildman–Crippen MR) is 129 cm³/mol. The molecule has 1 saturated carbocycles. The molecule has 2 N–H and O–H groups in total. The SMILES string of the molecule is COc1cc(C)ccc1OCC(=O)NC1CCC(NC(=O)COc2ccc(C)cc2OC)CC1. The Balaban J connectivity index is 1.36. The van der Waals surface area contributed by atoms with E-state index in [-0.39, 0.29) is 37.1 Å². The van der Waals surface area contributed by atoms with Gasteiger partial charge in [0.15, 0.2) is 36.2 Å². The topological polar surface area (TPSA) is 95.1 Å². The first-order valence-corrected chi connectivity index (χ1v) is 11.5. The van der Waals surface area contributed by atoms with Crippen LogP contribution < -0.4 is 29.6 Å². The van der Waals surface area contributed by atoms with Gasteiger partial charge in [-0.15, -0.1) is 0 Å². The van der Waals surface area contributed by atoms with E-state index in [0.29, 0.717) is 23.0 Å². The number of rotatable bonds is 10. The lowest BCUT2D eigenvalue weighted by molar-refractivity contribution is -0.125. The fraction of sp³-hybridized carbons (Fsp3) is 0.462. The molecule has 1 aliphatic rings. The number of ether oxygens (including phenoxy) is 4. The Morgan fingerprint density at radius 1 is 0.706 bits per heavy atom. The number of methoxy groups -OCH3 is 2. The van der Waals surface area contributed by atoms with Crippen molar-refractivity contribution in [1.29, 1.82) is 0 Å². The van der Waals surface area contributed by atoms with E-state index in [2.05, 4.69) is 10.6 Å². The number of carbonyl (C=O) groups excluding carboxylic acids is 2. The van der Waals surface area contributed by atoms with E-state index in [0.717, 1.165) is 36.8 Å². The summed E-state index contributed by atoms with van der Waals surface area (Å²) in [5.41, 5.74) is 2.11.